The third kappa shape index (κ3) is 13.4. The van der Waals surface area contributed by atoms with E-state index in [0.29, 0.717) is 18.9 Å². The minimum Gasteiger partial charge on any atom is -0.306 e. The highest BCUT2D eigenvalue weighted by Crippen LogP contribution is 2.13. The zero-order valence-corrected chi connectivity index (χ0v) is 16.3. The van der Waals surface area contributed by atoms with E-state index in [-0.39, 0.29) is 11.7 Å². The fourth-order valence-electron chi connectivity index (χ4n) is 2.08. The highest BCUT2D eigenvalue weighted by Gasteiger charge is 2.12. The number of hydrogen-bond donors (Lipinski definition) is 0. The van der Waals surface area contributed by atoms with Crippen LogP contribution in [0.15, 0.2) is 23.8 Å². The number of hydrogen-bond acceptors (Lipinski definition) is 2. The van der Waals surface area contributed by atoms with Gasteiger partial charge < -0.3 is 4.90 Å². The summed E-state index contributed by atoms with van der Waals surface area (Å²) in [6.45, 7) is 15.8. The normalized spacial score (nSPS) is 18.9. The topological polar surface area (TPSA) is 6.48 Å². The van der Waals surface area contributed by atoms with Gasteiger partial charge in [0.1, 0.15) is 0 Å². The molecule has 0 N–H and O–H groups in total. The van der Waals surface area contributed by atoms with Crippen LogP contribution < -0.4 is 0 Å². The Labute approximate surface area is 143 Å². The standard InChI is InChI=1S/C8H14FN.C7H12FN.2C2H6/c1-7(2)10-5-3-8(9)4-6-10;1-9-5-2-3-7(8)4-6-9;2*1-2/h3,7H,4-6H2,1-2H3;3H,2,4-6H2,1H3;2*1-2H3. The first-order valence-corrected chi connectivity index (χ1v) is 9.10. The Hall–Kier alpha value is -0.740. The molecule has 2 aliphatic heterocycles. The van der Waals surface area contributed by atoms with Gasteiger partial charge in [0.25, 0.3) is 0 Å². The predicted octanol–water partition coefficient (Wildman–Crippen LogP) is 5.57. The molecule has 2 nitrogen and oxygen atoms in total. The van der Waals surface area contributed by atoms with E-state index in [0.717, 1.165) is 32.6 Å². The smallest absolute Gasteiger partial charge is 0.0985 e. The highest BCUT2D eigenvalue weighted by atomic mass is 19.1. The zero-order chi connectivity index (χ0) is 18.3. The second kappa shape index (κ2) is 16.1. The number of nitrogens with zero attached hydrogens (tertiary/aromatic N) is 2. The van der Waals surface area contributed by atoms with E-state index in [2.05, 4.69) is 23.6 Å². The highest BCUT2D eigenvalue weighted by molar-refractivity contribution is 4.99. The molecule has 4 heteroatoms. The summed E-state index contributed by atoms with van der Waals surface area (Å²) in [6, 6.07) is 0.546. The number of halogens is 2. The van der Waals surface area contributed by atoms with Crippen LogP contribution in [0.25, 0.3) is 0 Å². The van der Waals surface area contributed by atoms with Gasteiger partial charge in [0, 0.05) is 45.1 Å². The Bertz CT molecular complexity index is 325. The summed E-state index contributed by atoms with van der Waals surface area (Å²) >= 11 is 0. The zero-order valence-electron chi connectivity index (χ0n) is 16.3. The van der Waals surface area contributed by atoms with Gasteiger partial charge in [-0.15, -0.1) is 0 Å². The van der Waals surface area contributed by atoms with Crippen LogP contribution in [0.3, 0.4) is 0 Å². The summed E-state index contributed by atoms with van der Waals surface area (Å²) in [4.78, 5) is 4.39. The molecule has 0 saturated heterocycles. The molecule has 0 atom stereocenters. The molecule has 0 fully saturated rings. The molecule has 0 aromatic carbocycles. The van der Waals surface area contributed by atoms with Gasteiger partial charge in [-0.05, 0) is 33.4 Å². The lowest BCUT2D eigenvalue weighted by Crippen LogP contribution is -2.34. The van der Waals surface area contributed by atoms with Crippen molar-refractivity contribution >= 4 is 0 Å². The second-order valence-electron chi connectivity index (χ2n) is 5.48. The van der Waals surface area contributed by atoms with Crippen LogP contribution in [0.5, 0.6) is 0 Å². The van der Waals surface area contributed by atoms with Crippen LogP contribution in [-0.4, -0.2) is 49.1 Å². The van der Waals surface area contributed by atoms with E-state index in [1.807, 2.05) is 34.7 Å². The molecule has 0 aromatic rings. The molecule has 2 heterocycles. The lowest BCUT2D eigenvalue weighted by Gasteiger charge is -2.27. The van der Waals surface area contributed by atoms with Crippen molar-refractivity contribution in [2.45, 2.75) is 66.8 Å². The minimum atomic E-state index is 0.0527. The van der Waals surface area contributed by atoms with E-state index in [1.165, 1.54) is 0 Å². The van der Waals surface area contributed by atoms with Gasteiger partial charge in [-0.25, -0.2) is 8.78 Å². The van der Waals surface area contributed by atoms with E-state index in [9.17, 15) is 8.78 Å². The molecule has 0 aromatic heterocycles. The Morgan fingerprint density at radius 3 is 1.87 bits per heavy atom. The summed E-state index contributed by atoms with van der Waals surface area (Å²) in [5.41, 5.74) is 0. The molecule has 138 valence electrons. The Morgan fingerprint density at radius 2 is 1.39 bits per heavy atom. The molecule has 0 saturated carbocycles. The third-order valence-electron chi connectivity index (χ3n) is 3.52. The summed E-state index contributed by atoms with van der Waals surface area (Å²) in [5.74, 6) is 0.108. The van der Waals surface area contributed by atoms with Crippen molar-refractivity contribution in [2.75, 3.05) is 33.2 Å². The van der Waals surface area contributed by atoms with Crippen molar-refractivity contribution < 1.29 is 8.78 Å². The van der Waals surface area contributed by atoms with Crippen LogP contribution in [0.4, 0.5) is 8.78 Å². The summed E-state index contributed by atoms with van der Waals surface area (Å²) in [5, 5.41) is 0. The van der Waals surface area contributed by atoms with Gasteiger partial charge >= 0.3 is 0 Å². The second-order valence-corrected chi connectivity index (χ2v) is 5.48. The predicted molar refractivity (Wildman–Crippen MR) is 99.1 cm³/mol. The molecular weight excluding hydrogens is 294 g/mol. The van der Waals surface area contributed by atoms with Gasteiger partial charge in [-0.2, -0.15) is 0 Å². The van der Waals surface area contributed by atoms with E-state index in [4.69, 9.17) is 0 Å². The maximum absolute atomic E-state index is 12.5. The molecule has 23 heavy (non-hydrogen) atoms. The molecule has 0 spiro atoms. The number of rotatable bonds is 1. The Kier molecular flexibility index (Phi) is 17.2. The van der Waals surface area contributed by atoms with Gasteiger partial charge in [0.05, 0.1) is 11.7 Å². The minimum absolute atomic E-state index is 0.0527. The van der Waals surface area contributed by atoms with Crippen molar-refractivity contribution in [3.63, 3.8) is 0 Å². The summed E-state index contributed by atoms with van der Waals surface area (Å²) in [6.07, 6.45) is 5.41. The molecule has 0 bridgehead atoms. The van der Waals surface area contributed by atoms with Crippen LogP contribution in [0.2, 0.25) is 0 Å². The average Bonchev–Trinajstić information content (AvgIpc) is 2.76. The largest absolute Gasteiger partial charge is 0.306 e. The van der Waals surface area contributed by atoms with Crippen molar-refractivity contribution in [1.29, 1.82) is 0 Å². The monoisotopic (exact) mass is 332 g/mol. The van der Waals surface area contributed by atoms with Crippen molar-refractivity contribution in [3.8, 4) is 0 Å². The van der Waals surface area contributed by atoms with Gasteiger partial charge in [-0.3, -0.25) is 4.90 Å². The van der Waals surface area contributed by atoms with E-state index >= 15 is 0 Å². The maximum Gasteiger partial charge on any atom is 0.0985 e. The van der Waals surface area contributed by atoms with Gasteiger partial charge in [0.15, 0.2) is 0 Å². The molecule has 0 amide bonds. The van der Waals surface area contributed by atoms with Crippen molar-refractivity contribution in [2.24, 2.45) is 0 Å². The molecule has 2 rings (SSSR count). The fourth-order valence-corrected chi connectivity index (χ4v) is 2.08. The Morgan fingerprint density at radius 1 is 0.870 bits per heavy atom. The molecule has 0 aliphatic carbocycles. The van der Waals surface area contributed by atoms with Crippen LogP contribution in [0.1, 0.15) is 60.8 Å². The maximum atomic E-state index is 12.5. The van der Waals surface area contributed by atoms with Crippen LogP contribution in [-0.2, 0) is 0 Å². The summed E-state index contributed by atoms with van der Waals surface area (Å²) < 4.78 is 24.9. The lowest BCUT2D eigenvalue weighted by atomic mass is 10.2. The van der Waals surface area contributed by atoms with Gasteiger partial charge in [0.2, 0.25) is 0 Å². The van der Waals surface area contributed by atoms with Crippen molar-refractivity contribution in [3.05, 3.63) is 23.8 Å². The Balaban J connectivity index is 0. The fraction of sp³-hybridized carbons (Fsp3) is 0.789. The van der Waals surface area contributed by atoms with E-state index in [1.54, 1.807) is 12.2 Å². The van der Waals surface area contributed by atoms with Crippen LogP contribution in [0, 0.1) is 0 Å². The molecule has 0 radical (unpaired) electrons. The van der Waals surface area contributed by atoms with Gasteiger partial charge in [-0.1, -0.05) is 33.8 Å². The summed E-state index contributed by atoms with van der Waals surface area (Å²) in [7, 11) is 2.02. The third-order valence-corrected chi connectivity index (χ3v) is 3.52. The molecule has 0 unspecified atom stereocenters. The lowest BCUT2D eigenvalue weighted by molar-refractivity contribution is 0.229. The first-order valence-electron chi connectivity index (χ1n) is 9.10. The first-order chi connectivity index (χ1) is 11.0. The first kappa shape index (κ1) is 24.5. The SMILES string of the molecule is CC.CC.CC(C)N1CC=C(F)CC1.CN1CCC=C(F)CC1. The average molecular weight is 333 g/mol. The quantitative estimate of drug-likeness (QED) is 0.619. The van der Waals surface area contributed by atoms with E-state index < -0.39 is 0 Å². The van der Waals surface area contributed by atoms with Crippen LogP contribution >= 0.6 is 0 Å². The molecular formula is C19H38F2N2. The molecule has 2 aliphatic rings. The van der Waals surface area contributed by atoms with Crippen molar-refractivity contribution in [1.82, 2.24) is 9.80 Å².